The summed E-state index contributed by atoms with van der Waals surface area (Å²) in [4.78, 5) is 54.5. The van der Waals surface area contributed by atoms with Crippen molar-refractivity contribution >= 4 is 50.2 Å². The first-order chi connectivity index (χ1) is 16.2. The highest BCUT2D eigenvalue weighted by Crippen LogP contribution is 2.43. The second-order valence-electron chi connectivity index (χ2n) is 9.72. The summed E-state index contributed by atoms with van der Waals surface area (Å²) in [6.07, 6.45) is 1.96. The minimum Gasteiger partial charge on any atom is -0.338 e. The summed E-state index contributed by atoms with van der Waals surface area (Å²) in [5.41, 5.74) is 0.138. The molecule has 2 aromatic rings. The molecule has 34 heavy (non-hydrogen) atoms. The Morgan fingerprint density at radius 1 is 1.09 bits per heavy atom. The SMILES string of the molecule is CCNC(=O)Nc1sc2ccccc2c1C(=O)N1CCC2(CC1)CC(=O)N(CC(C)C)C(=O)C2. The highest BCUT2D eigenvalue weighted by Gasteiger charge is 2.46. The molecule has 2 N–H and O–H groups in total. The molecule has 0 aliphatic carbocycles. The number of amides is 5. The molecule has 0 unspecified atom stereocenters. The van der Waals surface area contributed by atoms with Crippen LogP contribution >= 0.6 is 11.3 Å². The average Bonchev–Trinajstić information content (AvgIpc) is 3.14. The molecule has 1 aromatic heterocycles. The number of imide groups is 1. The summed E-state index contributed by atoms with van der Waals surface area (Å²) < 4.78 is 0.930. The number of anilines is 1. The fraction of sp³-hybridized carbons (Fsp3) is 0.520. The lowest BCUT2D eigenvalue weighted by Crippen LogP contribution is -2.53. The fourth-order valence-electron chi connectivity index (χ4n) is 4.95. The monoisotopic (exact) mass is 484 g/mol. The summed E-state index contributed by atoms with van der Waals surface area (Å²) in [6.45, 7) is 7.74. The molecule has 0 saturated carbocycles. The zero-order chi connectivity index (χ0) is 24.5. The molecule has 182 valence electrons. The lowest BCUT2D eigenvalue weighted by molar-refractivity contribution is -0.155. The molecule has 2 aliphatic heterocycles. The summed E-state index contributed by atoms with van der Waals surface area (Å²) in [5.74, 6) is -0.0815. The molecule has 8 nitrogen and oxygen atoms in total. The Kier molecular flexibility index (Phi) is 6.93. The molecule has 2 fully saturated rings. The second-order valence-corrected chi connectivity index (χ2v) is 10.8. The predicted molar refractivity (Wildman–Crippen MR) is 133 cm³/mol. The van der Waals surface area contributed by atoms with Crippen molar-refractivity contribution in [2.24, 2.45) is 11.3 Å². The van der Waals surface area contributed by atoms with Crippen LogP contribution < -0.4 is 10.6 Å². The molecule has 0 bridgehead atoms. The lowest BCUT2D eigenvalue weighted by Gasteiger charge is -2.45. The molecule has 0 radical (unpaired) electrons. The molecule has 2 saturated heterocycles. The van der Waals surface area contributed by atoms with Gasteiger partial charge in [-0.3, -0.25) is 24.6 Å². The van der Waals surface area contributed by atoms with E-state index in [1.807, 2.05) is 45.0 Å². The highest BCUT2D eigenvalue weighted by molar-refractivity contribution is 7.23. The van der Waals surface area contributed by atoms with Gasteiger partial charge in [0.05, 0.1) is 5.56 Å². The third-order valence-electron chi connectivity index (χ3n) is 6.69. The van der Waals surface area contributed by atoms with E-state index < -0.39 is 0 Å². The van der Waals surface area contributed by atoms with Gasteiger partial charge in [0.1, 0.15) is 5.00 Å². The number of thiophene rings is 1. The minimum atomic E-state index is -0.364. The number of urea groups is 1. The molecule has 9 heteroatoms. The molecule has 0 atom stereocenters. The largest absolute Gasteiger partial charge is 0.338 e. The van der Waals surface area contributed by atoms with Crippen molar-refractivity contribution in [1.82, 2.24) is 15.1 Å². The fourth-order valence-corrected chi connectivity index (χ4v) is 6.04. The Labute approximate surface area is 203 Å². The number of hydrogen-bond acceptors (Lipinski definition) is 5. The van der Waals surface area contributed by atoms with Crippen molar-refractivity contribution in [3.8, 4) is 0 Å². The molecule has 4 rings (SSSR count). The van der Waals surface area contributed by atoms with Gasteiger partial charge in [0.15, 0.2) is 0 Å². The second kappa shape index (κ2) is 9.74. The Hall–Kier alpha value is -2.94. The number of likely N-dealkylation sites (tertiary alicyclic amines) is 2. The van der Waals surface area contributed by atoms with Crippen molar-refractivity contribution in [3.63, 3.8) is 0 Å². The van der Waals surface area contributed by atoms with Gasteiger partial charge in [-0.1, -0.05) is 32.0 Å². The van der Waals surface area contributed by atoms with E-state index in [2.05, 4.69) is 10.6 Å². The number of nitrogens with one attached hydrogen (secondary N) is 2. The number of hydrogen-bond donors (Lipinski definition) is 2. The highest BCUT2D eigenvalue weighted by atomic mass is 32.1. The first-order valence-electron chi connectivity index (χ1n) is 11.9. The van der Waals surface area contributed by atoms with E-state index in [0.717, 1.165) is 10.1 Å². The lowest BCUT2D eigenvalue weighted by atomic mass is 9.70. The maximum atomic E-state index is 13.6. The topological polar surface area (TPSA) is 98.8 Å². The normalized spacial score (nSPS) is 18.1. The molecule has 2 aliphatic rings. The van der Waals surface area contributed by atoms with Crippen LogP contribution in [0.15, 0.2) is 24.3 Å². The molecule has 3 heterocycles. The van der Waals surface area contributed by atoms with Crippen molar-refractivity contribution in [2.45, 2.75) is 46.5 Å². The van der Waals surface area contributed by atoms with Gasteiger partial charge in [-0.2, -0.15) is 0 Å². The van der Waals surface area contributed by atoms with Gasteiger partial charge in [-0.15, -0.1) is 11.3 Å². The van der Waals surface area contributed by atoms with Crippen LogP contribution in [0.25, 0.3) is 10.1 Å². The van der Waals surface area contributed by atoms with E-state index in [1.54, 1.807) is 4.90 Å². The predicted octanol–water partition coefficient (Wildman–Crippen LogP) is 4.07. The molecular formula is C25H32N4O4S. The summed E-state index contributed by atoms with van der Waals surface area (Å²) in [6, 6.07) is 7.29. The van der Waals surface area contributed by atoms with E-state index in [-0.39, 0.29) is 35.1 Å². The molecule has 1 aromatic carbocycles. The number of rotatable bonds is 5. The zero-order valence-corrected chi connectivity index (χ0v) is 20.8. The number of benzene rings is 1. The Morgan fingerprint density at radius 2 is 1.74 bits per heavy atom. The van der Waals surface area contributed by atoms with Gasteiger partial charge >= 0.3 is 6.03 Å². The van der Waals surface area contributed by atoms with Gasteiger partial charge in [0.2, 0.25) is 11.8 Å². The molecule has 1 spiro atoms. The van der Waals surface area contributed by atoms with Crippen LogP contribution in [0.5, 0.6) is 0 Å². The zero-order valence-electron chi connectivity index (χ0n) is 20.0. The molecular weight excluding hydrogens is 452 g/mol. The number of nitrogens with zero attached hydrogens (tertiary/aromatic N) is 2. The Morgan fingerprint density at radius 3 is 2.35 bits per heavy atom. The van der Waals surface area contributed by atoms with Crippen LogP contribution in [0.3, 0.4) is 0 Å². The Balaban J connectivity index is 1.50. The first kappa shape index (κ1) is 24.2. The smallest absolute Gasteiger partial charge is 0.319 e. The van der Waals surface area contributed by atoms with E-state index in [9.17, 15) is 19.2 Å². The number of piperidine rings is 2. The number of carbonyl (C=O) groups excluding carboxylic acids is 4. The first-order valence-corrected chi connectivity index (χ1v) is 12.7. The van der Waals surface area contributed by atoms with Crippen molar-refractivity contribution in [1.29, 1.82) is 0 Å². The van der Waals surface area contributed by atoms with Gasteiger partial charge < -0.3 is 10.2 Å². The Bertz CT molecular complexity index is 1100. The van der Waals surface area contributed by atoms with E-state index in [4.69, 9.17) is 0 Å². The van der Waals surface area contributed by atoms with Crippen LogP contribution in [0, 0.1) is 11.3 Å². The van der Waals surface area contributed by atoms with Gasteiger partial charge in [-0.05, 0) is 37.2 Å². The van der Waals surface area contributed by atoms with Crippen molar-refractivity contribution in [3.05, 3.63) is 29.8 Å². The standard InChI is InChI=1S/C25H32N4O4S/c1-4-26-24(33)27-22-21(17-7-5-6-8-18(17)34-22)23(32)28-11-9-25(10-12-28)13-19(30)29(15-16(2)3)20(31)14-25/h5-8,16H,4,9-15H2,1-3H3,(H2,26,27,33). The van der Waals surface area contributed by atoms with Crippen LogP contribution in [0.2, 0.25) is 0 Å². The number of fused-ring (bicyclic) bond motifs is 1. The summed E-state index contributed by atoms with van der Waals surface area (Å²) in [7, 11) is 0. The maximum Gasteiger partial charge on any atom is 0.319 e. The average molecular weight is 485 g/mol. The maximum absolute atomic E-state index is 13.6. The van der Waals surface area contributed by atoms with Crippen LogP contribution in [-0.4, -0.2) is 59.7 Å². The van der Waals surface area contributed by atoms with E-state index in [1.165, 1.54) is 16.2 Å². The minimum absolute atomic E-state index is 0.0954. The van der Waals surface area contributed by atoms with Crippen LogP contribution in [0.1, 0.15) is 56.8 Å². The van der Waals surface area contributed by atoms with E-state index >= 15 is 0 Å². The van der Waals surface area contributed by atoms with Crippen LogP contribution in [-0.2, 0) is 9.59 Å². The third kappa shape index (κ3) is 4.80. The summed E-state index contributed by atoms with van der Waals surface area (Å²) >= 11 is 1.38. The van der Waals surface area contributed by atoms with Crippen molar-refractivity contribution in [2.75, 3.05) is 31.5 Å². The molecule has 5 amide bonds. The van der Waals surface area contributed by atoms with E-state index in [0.29, 0.717) is 62.4 Å². The number of carbonyl (C=O) groups is 4. The van der Waals surface area contributed by atoms with Gasteiger partial charge in [0, 0.05) is 49.1 Å². The summed E-state index contributed by atoms with van der Waals surface area (Å²) in [5, 5.41) is 6.89. The van der Waals surface area contributed by atoms with Crippen molar-refractivity contribution < 1.29 is 19.2 Å². The quantitative estimate of drug-likeness (QED) is 0.625. The third-order valence-corrected chi connectivity index (χ3v) is 7.77. The van der Waals surface area contributed by atoms with Gasteiger partial charge in [0.25, 0.3) is 5.91 Å². The van der Waals surface area contributed by atoms with Gasteiger partial charge in [-0.25, -0.2) is 4.79 Å². The van der Waals surface area contributed by atoms with Crippen LogP contribution in [0.4, 0.5) is 9.80 Å².